The van der Waals surface area contributed by atoms with Crippen molar-refractivity contribution in [2.75, 3.05) is 13.7 Å². The Balaban J connectivity index is 1.72. The first-order valence-corrected chi connectivity index (χ1v) is 10.0. The fourth-order valence-corrected chi connectivity index (χ4v) is 3.72. The molecule has 0 aliphatic heterocycles. The molecule has 0 amide bonds. The van der Waals surface area contributed by atoms with Gasteiger partial charge in [-0.15, -0.1) is 0 Å². The van der Waals surface area contributed by atoms with Crippen LogP contribution in [-0.2, 0) is 17.9 Å². The molecule has 5 nitrogen and oxygen atoms in total. The van der Waals surface area contributed by atoms with Crippen LogP contribution in [0.25, 0.3) is 22.2 Å². The highest BCUT2D eigenvalue weighted by atomic mass is 19.1. The van der Waals surface area contributed by atoms with Crippen LogP contribution < -0.4 is 4.74 Å². The molecule has 0 spiro atoms. The second kappa shape index (κ2) is 8.99. The molecular weight excluding hydrogens is 393 g/mol. The Hall–Kier alpha value is -3.69. The lowest BCUT2D eigenvalue weighted by Gasteiger charge is -2.12. The summed E-state index contributed by atoms with van der Waals surface area (Å²) < 4.78 is 26.9. The lowest BCUT2D eigenvalue weighted by Crippen LogP contribution is -2.06. The Morgan fingerprint density at radius 2 is 1.90 bits per heavy atom. The van der Waals surface area contributed by atoms with E-state index in [0.29, 0.717) is 36.9 Å². The minimum atomic E-state index is -0.366. The summed E-state index contributed by atoms with van der Waals surface area (Å²) >= 11 is 0. The number of nitriles is 1. The maximum absolute atomic E-state index is 13.7. The van der Waals surface area contributed by atoms with Crippen molar-refractivity contribution in [1.82, 2.24) is 9.55 Å². The number of rotatable bonds is 7. The molecule has 0 saturated carbocycles. The van der Waals surface area contributed by atoms with Gasteiger partial charge < -0.3 is 9.47 Å². The summed E-state index contributed by atoms with van der Waals surface area (Å²) in [6.07, 6.45) is 0. The normalized spacial score (nSPS) is 10.9. The van der Waals surface area contributed by atoms with Crippen LogP contribution in [0.1, 0.15) is 23.6 Å². The number of nitrogens with zero attached hydrogens (tertiary/aromatic N) is 3. The maximum atomic E-state index is 13.7. The molecule has 0 radical (unpaired) electrons. The molecule has 1 heterocycles. The van der Waals surface area contributed by atoms with E-state index < -0.39 is 0 Å². The van der Waals surface area contributed by atoms with Crippen molar-refractivity contribution < 1.29 is 13.9 Å². The second-order valence-corrected chi connectivity index (χ2v) is 7.13. The van der Waals surface area contributed by atoms with Gasteiger partial charge >= 0.3 is 0 Å². The summed E-state index contributed by atoms with van der Waals surface area (Å²) in [5, 5.41) is 9.34. The van der Waals surface area contributed by atoms with Crippen LogP contribution in [0.2, 0.25) is 0 Å². The van der Waals surface area contributed by atoms with Gasteiger partial charge in [-0.2, -0.15) is 10.2 Å². The average molecular weight is 415 g/mol. The van der Waals surface area contributed by atoms with Crippen molar-refractivity contribution in [3.05, 3.63) is 83.2 Å². The van der Waals surface area contributed by atoms with Crippen molar-refractivity contribution in [3.63, 3.8) is 0 Å². The summed E-state index contributed by atoms with van der Waals surface area (Å²) in [6.45, 7) is 3.48. The van der Waals surface area contributed by atoms with E-state index in [4.69, 9.17) is 9.47 Å². The predicted octanol–water partition coefficient (Wildman–Crippen LogP) is 5.31. The van der Waals surface area contributed by atoms with E-state index in [1.165, 1.54) is 18.2 Å². The molecule has 0 N–H and O–H groups in total. The molecule has 1 aromatic heterocycles. The minimum absolute atomic E-state index is 0.366. The van der Waals surface area contributed by atoms with E-state index in [2.05, 4.69) is 11.1 Å². The number of methoxy groups -OCH3 is 1. The fourth-order valence-electron chi connectivity index (χ4n) is 3.72. The standard InChI is InChI=1S/C25H22FN3O2/c1-3-31-25-28-23-6-4-5-20(16-30-2)24(23)29(25)15-17-7-9-18(10-8-17)22-13-21(26)12-11-19(22)14-27/h4-13H,3,15-16H2,1-2H3. The first-order valence-electron chi connectivity index (χ1n) is 10.0. The van der Waals surface area contributed by atoms with Crippen molar-refractivity contribution >= 4 is 11.0 Å². The highest BCUT2D eigenvalue weighted by molar-refractivity contribution is 5.80. The molecule has 0 bridgehead atoms. The number of ether oxygens (including phenoxy) is 2. The highest BCUT2D eigenvalue weighted by Crippen LogP contribution is 2.28. The van der Waals surface area contributed by atoms with Gasteiger partial charge in [-0.3, -0.25) is 4.57 Å². The van der Waals surface area contributed by atoms with Gasteiger partial charge in [0.15, 0.2) is 0 Å². The summed E-state index contributed by atoms with van der Waals surface area (Å²) in [6, 6.07) is 20.6. The smallest absolute Gasteiger partial charge is 0.297 e. The quantitative estimate of drug-likeness (QED) is 0.411. The molecule has 31 heavy (non-hydrogen) atoms. The van der Waals surface area contributed by atoms with Gasteiger partial charge in [-0.05, 0) is 42.3 Å². The van der Waals surface area contributed by atoms with E-state index in [-0.39, 0.29) is 5.82 Å². The molecule has 0 aliphatic rings. The van der Waals surface area contributed by atoms with Gasteiger partial charge in [0.2, 0.25) is 0 Å². The number of imidazole rings is 1. The Kier molecular flexibility index (Phi) is 5.96. The fraction of sp³-hybridized carbons (Fsp3) is 0.200. The minimum Gasteiger partial charge on any atom is -0.465 e. The number of hydrogen-bond acceptors (Lipinski definition) is 4. The molecule has 4 aromatic rings. The Bertz CT molecular complexity index is 1260. The third-order valence-corrected chi connectivity index (χ3v) is 5.10. The number of aromatic nitrogens is 2. The summed E-state index contributed by atoms with van der Waals surface area (Å²) in [4.78, 5) is 4.65. The predicted molar refractivity (Wildman–Crippen MR) is 117 cm³/mol. The summed E-state index contributed by atoms with van der Waals surface area (Å²) in [5.41, 5.74) is 5.72. The third-order valence-electron chi connectivity index (χ3n) is 5.10. The largest absolute Gasteiger partial charge is 0.465 e. The monoisotopic (exact) mass is 415 g/mol. The topological polar surface area (TPSA) is 60.1 Å². The molecule has 0 saturated heterocycles. The average Bonchev–Trinajstić information content (AvgIpc) is 3.13. The van der Waals surface area contributed by atoms with Crippen LogP contribution in [0, 0.1) is 17.1 Å². The van der Waals surface area contributed by atoms with E-state index in [1.54, 1.807) is 7.11 Å². The lowest BCUT2D eigenvalue weighted by molar-refractivity contribution is 0.185. The highest BCUT2D eigenvalue weighted by Gasteiger charge is 2.16. The number of halogens is 1. The molecule has 156 valence electrons. The number of benzene rings is 3. The van der Waals surface area contributed by atoms with Gasteiger partial charge in [-0.1, -0.05) is 36.4 Å². The van der Waals surface area contributed by atoms with Crippen molar-refractivity contribution in [3.8, 4) is 23.2 Å². The van der Waals surface area contributed by atoms with Gasteiger partial charge in [0, 0.05) is 18.2 Å². The molecule has 0 aliphatic carbocycles. The molecule has 0 fully saturated rings. The molecule has 6 heteroatoms. The van der Waals surface area contributed by atoms with E-state index in [9.17, 15) is 9.65 Å². The Morgan fingerprint density at radius 1 is 1.10 bits per heavy atom. The van der Waals surface area contributed by atoms with Gasteiger partial charge in [0.25, 0.3) is 6.01 Å². The maximum Gasteiger partial charge on any atom is 0.297 e. The Morgan fingerprint density at radius 3 is 2.61 bits per heavy atom. The Labute approximate surface area is 180 Å². The number of para-hydroxylation sites is 1. The molecular formula is C25H22FN3O2. The van der Waals surface area contributed by atoms with Crippen LogP contribution in [0.5, 0.6) is 6.01 Å². The van der Waals surface area contributed by atoms with Gasteiger partial charge in [0.05, 0.1) is 42.4 Å². The van der Waals surface area contributed by atoms with Crippen LogP contribution in [0.15, 0.2) is 60.7 Å². The number of fused-ring (bicyclic) bond motifs is 1. The third kappa shape index (κ3) is 4.14. The lowest BCUT2D eigenvalue weighted by atomic mass is 9.99. The first-order chi connectivity index (χ1) is 15.1. The van der Waals surface area contributed by atoms with Crippen molar-refractivity contribution in [1.29, 1.82) is 5.26 Å². The second-order valence-electron chi connectivity index (χ2n) is 7.13. The molecule has 3 aromatic carbocycles. The van der Waals surface area contributed by atoms with Crippen molar-refractivity contribution in [2.45, 2.75) is 20.1 Å². The molecule has 4 rings (SSSR count). The summed E-state index contributed by atoms with van der Waals surface area (Å²) in [5.74, 6) is -0.366. The summed E-state index contributed by atoms with van der Waals surface area (Å²) in [7, 11) is 1.67. The van der Waals surface area contributed by atoms with E-state index >= 15 is 0 Å². The first kappa shape index (κ1) is 20.6. The van der Waals surface area contributed by atoms with Gasteiger partial charge in [0.1, 0.15) is 5.82 Å². The molecule has 0 unspecified atom stereocenters. The van der Waals surface area contributed by atoms with Crippen LogP contribution in [-0.4, -0.2) is 23.3 Å². The number of hydrogen-bond donors (Lipinski definition) is 0. The SMILES string of the molecule is CCOc1nc2cccc(COC)c2n1Cc1ccc(-c2cc(F)ccc2C#N)cc1. The van der Waals surface area contributed by atoms with Crippen molar-refractivity contribution in [2.24, 2.45) is 0 Å². The molecule has 0 atom stereocenters. The van der Waals surface area contributed by atoms with Gasteiger partial charge in [-0.25, -0.2) is 4.39 Å². The van der Waals surface area contributed by atoms with Crippen LogP contribution in [0.3, 0.4) is 0 Å². The zero-order valence-electron chi connectivity index (χ0n) is 17.4. The van der Waals surface area contributed by atoms with Crippen LogP contribution >= 0.6 is 0 Å². The van der Waals surface area contributed by atoms with Crippen LogP contribution in [0.4, 0.5) is 4.39 Å². The van der Waals surface area contributed by atoms with E-state index in [0.717, 1.165) is 27.7 Å². The van der Waals surface area contributed by atoms with E-state index in [1.807, 2.05) is 54.0 Å². The zero-order valence-corrected chi connectivity index (χ0v) is 17.4. The zero-order chi connectivity index (χ0) is 21.8.